The highest BCUT2D eigenvalue weighted by Crippen LogP contribution is 1.98. The molecule has 0 aliphatic heterocycles. The van der Waals surface area contributed by atoms with E-state index >= 15 is 0 Å². The fourth-order valence-corrected chi connectivity index (χ4v) is 1.55. The van der Waals surface area contributed by atoms with Crippen molar-refractivity contribution in [3.8, 4) is 0 Å². The van der Waals surface area contributed by atoms with Crippen LogP contribution in [0.5, 0.6) is 0 Å². The summed E-state index contributed by atoms with van der Waals surface area (Å²) in [4.78, 5) is 46.2. The first-order valence-corrected chi connectivity index (χ1v) is 6.86. The highest BCUT2D eigenvalue weighted by Gasteiger charge is 2.19. The average molecular weight is 302 g/mol. The summed E-state index contributed by atoms with van der Waals surface area (Å²) in [5.41, 5.74) is 0. The Kier molecular flexibility index (Phi) is 9.57. The van der Waals surface area contributed by atoms with Crippen LogP contribution in [0.25, 0.3) is 0 Å². The number of aliphatic carboxylic acids is 1. The van der Waals surface area contributed by atoms with Gasteiger partial charge in [0.15, 0.2) is 0 Å². The summed E-state index contributed by atoms with van der Waals surface area (Å²) in [6.07, 6.45) is 0.584. The number of esters is 1. The molecular formula is C13H22N2O6. The van der Waals surface area contributed by atoms with Crippen LogP contribution in [0.1, 0.15) is 39.5 Å². The van der Waals surface area contributed by atoms with Crippen molar-refractivity contribution in [2.75, 3.05) is 19.7 Å². The third-order valence-corrected chi connectivity index (χ3v) is 2.45. The number of urea groups is 1. The Labute approximate surface area is 123 Å². The molecule has 0 bridgehead atoms. The largest absolute Gasteiger partial charge is 0.481 e. The van der Waals surface area contributed by atoms with E-state index in [2.05, 4.69) is 5.32 Å². The Morgan fingerprint density at radius 1 is 1.14 bits per heavy atom. The fourth-order valence-electron chi connectivity index (χ4n) is 1.55. The van der Waals surface area contributed by atoms with Crippen molar-refractivity contribution in [3.63, 3.8) is 0 Å². The Bertz CT molecular complexity index is 383. The third kappa shape index (κ3) is 9.42. The summed E-state index contributed by atoms with van der Waals surface area (Å²) in [7, 11) is 0. The fraction of sp³-hybridized carbons (Fsp3) is 0.692. The number of carbonyl (C=O) groups excluding carboxylic acids is 3. The van der Waals surface area contributed by atoms with Gasteiger partial charge in [-0.3, -0.25) is 19.7 Å². The molecule has 3 amide bonds. The smallest absolute Gasteiger partial charge is 0.325 e. The lowest BCUT2D eigenvalue weighted by molar-refractivity contribution is -0.144. The molecule has 120 valence electrons. The number of amides is 3. The Morgan fingerprint density at radius 2 is 1.81 bits per heavy atom. The van der Waals surface area contributed by atoms with Crippen molar-refractivity contribution in [2.24, 2.45) is 0 Å². The van der Waals surface area contributed by atoms with Crippen LogP contribution in [0.3, 0.4) is 0 Å². The normalized spacial score (nSPS) is 9.81. The molecule has 0 radical (unpaired) electrons. The highest BCUT2D eigenvalue weighted by atomic mass is 16.5. The number of carbonyl (C=O) groups is 4. The van der Waals surface area contributed by atoms with Gasteiger partial charge < -0.3 is 14.7 Å². The molecule has 0 aromatic carbocycles. The zero-order chi connectivity index (χ0) is 16.3. The molecule has 0 rings (SSSR count). The lowest BCUT2D eigenvalue weighted by Gasteiger charge is -2.20. The number of nitrogens with one attached hydrogen (secondary N) is 1. The predicted octanol–water partition coefficient (Wildman–Crippen LogP) is 0.753. The first kappa shape index (κ1) is 18.9. The van der Waals surface area contributed by atoms with E-state index in [1.807, 2.05) is 6.92 Å². The monoisotopic (exact) mass is 302 g/mol. The maximum Gasteiger partial charge on any atom is 0.325 e. The van der Waals surface area contributed by atoms with Gasteiger partial charge in [-0.2, -0.15) is 0 Å². The summed E-state index contributed by atoms with van der Waals surface area (Å²) in [5, 5.41) is 10.6. The van der Waals surface area contributed by atoms with E-state index in [9.17, 15) is 19.2 Å². The SMILES string of the molecule is CCCN(CC(=O)OCC)C(=O)NC(=O)CCCC(=O)O. The molecular weight excluding hydrogens is 280 g/mol. The Hall–Kier alpha value is -2.12. The second-order valence-corrected chi connectivity index (χ2v) is 4.33. The van der Waals surface area contributed by atoms with E-state index in [0.29, 0.717) is 13.0 Å². The van der Waals surface area contributed by atoms with Crippen molar-refractivity contribution >= 4 is 23.9 Å². The van der Waals surface area contributed by atoms with E-state index in [1.165, 1.54) is 4.90 Å². The number of nitrogens with zero attached hydrogens (tertiary/aromatic N) is 1. The van der Waals surface area contributed by atoms with Gasteiger partial charge in [0.2, 0.25) is 5.91 Å². The molecule has 0 spiro atoms. The van der Waals surface area contributed by atoms with Crippen molar-refractivity contribution in [3.05, 3.63) is 0 Å². The molecule has 0 heterocycles. The van der Waals surface area contributed by atoms with Crippen molar-refractivity contribution in [1.82, 2.24) is 10.2 Å². The van der Waals surface area contributed by atoms with Crippen LogP contribution >= 0.6 is 0 Å². The molecule has 0 aliphatic carbocycles. The molecule has 0 unspecified atom stereocenters. The molecule has 0 saturated heterocycles. The van der Waals surface area contributed by atoms with Crippen LogP contribution in [-0.4, -0.2) is 53.6 Å². The maximum atomic E-state index is 11.9. The molecule has 21 heavy (non-hydrogen) atoms. The molecule has 8 heteroatoms. The summed E-state index contributed by atoms with van der Waals surface area (Å²) >= 11 is 0. The van der Waals surface area contributed by atoms with Gasteiger partial charge in [0.05, 0.1) is 6.61 Å². The molecule has 0 aromatic rings. The summed E-state index contributed by atoms with van der Waals surface area (Å²) in [6, 6.07) is -0.676. The highest BCUT2D eigenvalue weighted by molar-refractivity contribution is 5.95. The Balaban J connectivity index is 4.30. The zero-order valence-corrected chi connectivity index (χ0v) is 12.4. The van der Waals surface area contributed by atoms with Crippen molar-refractivity contribution in [1.29, 1.82) is 0 Å². The Morgan fingerprint density at radius 3 is 2.33 bits per heavy atom. The molecule has 0 saturated carbocycles. The standard InChI is InChI=1S/C13H22N2O6/c1-3-8-15(9-12(19)21-4-2)13(20)14-10(16)6-5-7-11(17)18/h3-9H2,1-2H3,(H,17,18)(H,14,16,20). The summed E-state index contributed by atoms with van der Waals surface area (Å²) < 4.78 is 4.75. The van der Waals surface area contributed by atoms with Gasteiger partial charge >= 0.3 is 18.0 Å². The van der Waals surface area contributed by atoms with E-state index in [-0.39, 0.29) is 32.4 Å². The molecule has 0 aliphatic rings. The van der Waals surface area contributed by atoms with Gasteiger partial charge in [-0.25, -0.2) is 4.79 Å². The quantitative estimate of drug-likeness (QED) is 0.608. The van der Waals surface area contributed by atoms with E-state index in [1.54, 1.807) is 6.92 Å². The van der Waals surface area contributed by atoms with Gasteiger partial charge in [0, 0.05) is 19.4 Å². The van der Waals surface area contributed by atoms with E-state index in [0.717, 1.165) is 0 Å². The van der Waals surface area contributed by atoms with Gasteiger partial charge in [0.25, 0.3) is 0 Å². The number of imide groups is 1. The zero-order valence-electron chi connectivity index (χ0n) is 12.4. The predicted molar refractivity (Wildman–Crippen MR) is 73.5 cm³/mol. The number of rotatable bonds is 9. The van der Waals surface area contributed by atoms with E-state index < -0.39 is 23.9 Å². The van der Waals surface area contributed by atoms with Crippen LogP contribution in [0.4, 0.5) is 4.79 Å². The summed E-state index contributed by atoms with van der Waals surface area (Å²) in [6.45, 7) is 3.80. The van der Waals surface area contributed by atoms with Crippen LogP contribution in [0.2, 0.25) is 0 Å². The molecule has 0 aromatic heterocycles. The number of hydrogen-bond acceptors (Lipinski definition) is 5. The van der Waals surface area contributed by atoms with Crippen LogP contribution < -0.4 is 5.32 Å². The average Bonchev–Trinajstić information content (AvgIpc) is 2.37. The number of hydrogen-bond donors (Lipinski definition) is 2. The number of carboxylic acids is 1. The maximum absolute atomic E-state index is 11.9. The van der Waals surface area contributed by atoms with Gasteiger partial charge in [0.1, 0.15) is 6.54 Å². The van der Waals surface area contributed by atoms with Crippen LogP contribution in [0.15, 0.2) is 0 Å². The number of ether oxygens (including phenoxy) is 1. The summed E-state index contributed by atoms with van der Waals surface area (Å²) in [5.74, 6) is -2.10. The molecule has 2 N–H and O–H groups in total. The first-order valence-electron chi connectivity index (χ1n) is 6.86. The van der Waals surface area contributed by atoms with Crippen molar-refractivity contribution in [2.45, 2.75) is 39.5 Å². The minimum absolute atomic E-state index is 0.0581. The lowest BCUT2D eigenvalue weighted by atomic mass is 10.2. The van der Waals surface area contributed by atoms with E-state index in [4.69, 9.17) is 9.84 Å². The van der Waals surface area contributed by atoms with Crippen molar-refractivity contribution < 1.29 is 29.0 Å². The second kappa shape index (κ2) is 10.6. The topological polar surface area (TPSA) is 113 Å². The third-order valence-electron chi connectivity index (χ3n) is 2.45. The van der Waals surface area contributed by atoms with Crippen LogP contribution in [-0.2, 0) is 19.1 Å². The lowest BCUT2D eigenvalue weighted by Crippen LogP contribution is -2.45. The van der Waals surface area contributed by atoms with Gasteiger partial charge in [-0.05, 0) is 19.8 Å². The first-order chi connectivity index (χ1) is 9.90. The minimum Gasteiger partial charge on any atom is -0.481 e. The molecule has 8 nitrogen and oxygen atoms in total. The molecule has 0 atom stereocenters. The second-order valence-electron chi connectivity index (χ2n) is 4.33. The van der Waals surface area contributed by atoms with Gasteiger partial charge in [-0.1, -0.05) is 6.92 Å². The minimum atomic E-state index is -0.996. The van der Waals surface area contributed by atoms with Gasteiger partial charge in [-0.15, -0.1) is 0 Å². The molecule has 0 fully saturated rings. The number of carboxylic acid groups (broad SMARTS) is 1. The van der Waals surface area contributed by atoms with Crippen LogP contribution in [0, 0.1) is 0 Å².